The number of allylic oxidation sites excluding steroid dienone is 3. The van der Waals surface area contributed by atoms with Crippen LogP contribution >= 0.6 is 11.3 Å². The molecule has 0 saturated heterocycles. The summed E-state index contributed by atoms with van der Waals surface area (Å²) in [5.74, 6) is -0.0988. The van der Waals surface area contributed by atoms with Crippen molar-refractivity contribution in [2.45, 2.75) is 19.3 Å². The lowest BCUT2D eigenvalue weighted by Gasteiger charge is -2.28. The Morgan fingerprint density at radius 1 is 1.36 bits per heavy atom. The molecule has 22 heavy (non-hydrogen) atoms. The third-order valence-electron chi connectivity index (χ3n) is 4.26. The molecule has 4 rings (SSSR count). The van der Waals surface area contributed by atoms with Gasteiger partial charge in [-0.3, -0.25) is 9.59 Å². The van der Waals surface area contributed by atoms with Gasteiger partial charge in [-0.15, -0.1) is 0 Å². The molecule has 3 aliphatic rings. The maximum atomic E-state index is 12.1. The summed E-state index contributed by atoms with van der Waals surface area (Å²) in [6.45, 7) is 0. The van der Waals surface area contributed by atoms with E-state index in [1.165, 1.54) is 16.9 Å². The number of carbonyl (C=O) groups excluding carboxylic acids is 2. The normalized spacial score (nSPS) is 24.9. The summed E-state index contributed by atoms with van der Waals surface area (Å²) >= 11 is 1.47. The molecule has 2 aliphatic carbocycles. The third-order valence-corrected chi connectivity index (χ3v) is 4.95. The van der Waals surface area contributed by atoms with Gasteiger partial charge in [-0.25, -0.2) is 4.99 Å². The van der Waals surface area contributed by atoms with Crippen LogP contribution in [0.5, 0.6) is 0 Å². The summed E-state index contributed by atoms with van der Waals surface area (Å²) in [5.41, 5.74) is 4.20. The molecule has 110 valence electrons. The van der Waals surface area contributed by atoms with E-state index in [4.69, 9.17) is 0 Å². The van der Waals surface area contributed by atoms with Gasteiger partial charge >= 0.3 is 0 Å². The summed E-state index contributed by atoms with van der Waals surface area (Å²) in [5, 5.41) is 6.59. The fourth-order valence-corrected chi connectivity index (χ4v) is 3.86. The Hall–Kier alpha value is -2.27. The first-order valence-corrected chi connectivity index (χ1v) is 8.25. The minimum absolute atomic E-state index is 0.00816. The minimum Gasteiger partial charge on any atom is -0.325 e. The lowest BCUT2D eigenvalue weighted by molar-refractivity contribution is -0.117. The fraction of sp³-hybridized carbons (Fsp3) is 0.235. The fourth-order valence-electron chi connectivity index (χ4n) is 3.23. The summed E-state index contributed by atoms with van der Waals surface area (Å²) in [4.78, 5) is 28.3. The molecule has 0 radical (unpaired) electrons. The largest absolute Gasteiger partial charge is 0.325 e. The van der Waals surface area contributed by atoms with E-state index in [0.29, 0.717) is 11.3 Å². The Morgan fingerprint density at radius 3 is 3.09 bits per heavy atom. The number of fused-ring (bicyclic) bond motifs is 2. The Balaban J connectivity index is 1.65. The van der Waals surface area contributed by atoms with E-state index in [0.717, 1.165) is 30.5 Å². The summed E-state index contributed by atoms with van der Waals surface area (Å²) in [7, 11) is 0. The van der Waals surface area contributed by atoms with Crippen molar-refractivity contribution in [3.8, 4) is 0 Å². The van der Waals surface area contributed by atoms with E-state index in [9.17, 15) is 9.59 Å². The van der Waals surface area contributed by atoms with Crippen molar-refractivity contribution in [3.63, 3.8) is 0 Å². The highest BCUT2D eigenvalue weighted by molar-refractivity contribution is 7.08. The van der Waals surface area contributed by atoms with Crippen LogP contribution in [0.1, 0.15) is 29.6 Å². The second-order valence-electron chi connectivity index (χ2n) is 5.60. The molecule has 2 heterocycles. The zero-order chi connectivity index (χ0) is 15.1. The number of amides is 2. The second-order valence-corrected chi connectivity index (χ2v) is 6.38. The van der Waals surface area contributed by atoms with E-state index in [1.54, 1.807) is 11.4 Å². The highest BCUT2D eigenvalue weighted by Gasteiger charge is 2.34. The second kappa shape index (κ2) is 5.18. The van der Waals surface area contributed by atoms with Gasteiger partial charge in [0.15, 0.2) is 0 Å². The Bertz CT molecular complexity index is 782. The van der Waals surface area contributed by atoms with Crippen molar-refractivity contribution in [2.24, 2.45) is 10.9 Å². The number of nitrogens with one attached hydrogen (secondary N) is 1. The van der Waals surface area contributed by atoms with E-state index in [1.807, 2.05) is 23.6 Å². The molecule has 0 aromatic carbocycles. The number of carbonyl (C=O) groups is 2. The van der Waals surface area contributed by atoms with E-state index in [-0.39, 0.29) is 17.7 Å². The minimum atomic E-state index is -0.251. The predicted molar refractivity (Wildman–Crippen MR) is 85.8 cm³/mol. The van der Waals surface area contributed by atoms with Crippen LogP contribution in [0.15, 0.2) is 56.9 Å². The summed E-state index contributed by atoms with van der Waals surface area (Å²) < 4.78 is 0. The molecular formula is C17H14N2O2S. The number of hydrogen-bond donors (Lipinski definition) is 1. The maximum Gasteiger partial charge on any atom is 0.278 e. The van der Waals surface area contributed by atoms with Gasteiger partial charge in [0.25, 0.3) is 11.8 Å². The molecule has 4 nitrogen and oxygen atoms in total. The van der Waals surface area contributed by atoms with Gasteiger partial charge in [0, 0.05) is 22.6 Å². The third kappa shape index (κ3) is 2.18. The first-order chi connectivity index (χ1) is 10.7. The van der Waals surface area contributed by atoms with Gasteiger partial charge in [0.2, 0.25) is 0 Å². The predicted octanol–water partition coefficient (Wildman–Crippen LogP) is 3.01. The van der Waals surface area contributed by atoms with Crippen molar-refractivity contribution in [2.75, 3.05) is 0 Å². The number of nitrogens with zero attached hydrogens (tertiary/aromatic N) is 1. The Morgan fingerprint density at radius 2 is 2.27 bits per heavy atom. The molecule has 0 spiro atoms. The average molecular weight is 310 g/mol. The zero-order valence-corrected chi connectivity index (χ0v) is 12.7. The van der Waals surface area contributed by atoms with Crippen LogP contribution < -0.4 is 5.32 Å². The van der Waals surface area contributed by atoms with Crippen LogP contribution in [0.3, 0.4) is 0 Å². The maximum absolute atomic E-state index is 12.1. The molecule has 0 bridgehead atoms. The number of thiophene rings is 1. The van der Waals surface area contributed by atoms with E-state index >= 15 is 0 Å². The van der Waals surface area contributed by atoms with Crippen molar-refractivity contribution >= 4 is 28.9 Å². The molecule has 1 unspecified atom stereocenters. The van der Waals surface area contributed by atoms with E-state index < -0.39 is 0 Å². The van der Waals surface area contributed by atoms with Crippen LogP contribution in [-0.2, 0) is 4.79 Å². The molecule has 0 fully saturated rings. The zero-order valence-electron chi connectivity index (χ0n) is 11.8. The number of rotatable bonds is 1. The SMILES string of the molecule is O=C1NC2=CC(=NC(=O)c3ccsc3)C=CC2C2=C1CCC2. The highest BCUT2D eigenvalue weighted by atomic mass is 32.1. The molecule has 1 aromatic rings. The average Bonchev–Trinajstić information content (AvgIpc) is 3.19. The molecule has 0 saturated carbocycles. The quantitative estimate of drug-likeness (QED) is 0.867. The van der Waals surface area contributed by atoms with Gasteiger partial charge in [-0.1, -0.05) is 6.08 Å². The lowest BCUT2D eigenvalue weighted by Crippen LogP contribution is -2.35. The molecule has 1 atom stereocenters. The number of hydrogen-bond acceptors (Lipinski definition) is 3. The van der Waals surface area contributed by atoms with Crippen molar-refractivity contribution < 1.29 is 9.59 Å². The summed E-state index contributed by atoms with van der Waals surface area (Å²) in [6.07, 6.45) is 8.63. The lowest BCUT2D eigenvalue weighted by atomic mass is 9.85. The molecule has 2 amide bonds. The van der Waals surface area contributed by atoms with Crippen LogP contribution in [-0.4, -0.2) is 17.5 Å². The molecule has 1 aliphatic heterocycles. The monoisotopic (exact) mass is 310 g/mol. The Kier molecular flexibility index (Phi) is 3.15. The molecule has 1 aromatic heterocycles. The van der Waals surface area contributed by atoms with Crippen molar-refractivity contribution in [1.82, 2.24) is 5.32 Å². The number of aliphatic imine (C=N–C) groups is 1. The summed E-state index contributed by atoms with van der Waals surface area (Å²) in [6, 6.07) is 1.76. The van der Waals surface area contributed by atoms with E-state index in [2.05, 4.69) is 10.3 Å². The highest BCUT2D eigenvalue weighted by Crippen LogP contribution is 2.39. The van der Waals surface area contributed by atoms with Gasteiger partial charge in [0.05, 0.1) is 11.3 Å². The first kappa shape index (κ1) is 13.4. The van der Waals surface area contributed by atoms with Gasteiger partial charge in [0.1, 0.15) is 0 Å². The van der Waals surface area contributed by atoms with Gasteiger partial charge < -0.3 is 5.32 Å². The molecular weight excluding hydrogens is 296 g/mol. The topological polar surface area (TPSA) is 58.5 Å². The molecule has 1 N–H and O–H groups in total. The standard InChI is InChI=1S/C17H14N2O2S/c20-16(10-6-7-22-9-10)18-11-4-5-13-12-2-1-3-14(12)17(21)19-15(13)8-11/h4-9,13H,1-3H2,(H,19,21). The van der Waals surface area contributed by atoms with Crippen molar-refractivity contribution in [3.05, 3.63) is 57.5 Å². The van der Waals surface area contributed by atoms with Crippen LogP contribution in [0.2, 0.25) is 0 Å². The van der Waals surface area contributed by atoms with Gasteiger partial charge in [-0.2, -0.15) is 11.3 Å². The molecule has 5 heteroatoms. The van der Waals surface area contributed by atoms with Crippen LogP contribution in [0, 0.1) is 5.92 Å². The van der Waals surface area contributed by atoms with Crippen LogP contribution in [0.4, 0.5) is 0 Å². The van der Waals surface area contributed by atoms with Crippen LogP contribution in [0.25, 0.3) is 0 Å². The first-order valence-electron chi connectivity index (χ1n) is 7.30. The Labute approximate surface area is 131 Å². The van der Waals surface area contributed by atoms with Crippen molar-refractivity contribution in [1.29, 1.82) is 0 Å². The van der Waals surface area contributed by atoms with Gasteiger partial charge in [-0.05, 0) is 48.4 Å². The smallest absolute Gasteiger partial charge is 0.278 e.